The average molecular weight is 621 g/mol. The first kappa shape index (κ1) is 32.6. The minimum Gasteiger partial charge on any atom is -0.493 e. The molecule has 0 aliphatic heterocycles. The molecule has 0 radical (unpaired) electrons. The molecular weight excluding hydrogens is 580 g/mol. The van der Waals surface area contributed by atoms with Crippen LogP contribution in [0.3, 0.4) is 0 Å². The third kappa shape index (κ3) is 9.34. The lowest BCUT2D eigenvalue weighted by atomic mass is 9.95. The van der Waals surface area contributed by atoms with Crippen molar-refractivity contribution in [3.63, 3.8) is 0 Å². The highest BCUT2D eigenvalue weighted by Crippen LogP contribution is 2.41. The van der Waals surface area contributed by atoms with Crippen LogP contribution >= 0.6 is 0 Å². The zero-order chi connectivity index (χ0) is 32.0. The Balaban J connectivity index is 1.33. The van der Waals surface area contributed by atoms with Crippen LogP contribution < -0.4 is 18.9 Å². The van der Waals surface area contributed by atoms with E-state index in [0.717, 1.165) is 23.1 Å². The van der Waals surface area contributed by atoms with E-state index >= 15 is 0 Å². The molecule has 7 nitrogen and oxygen atoms in total. The SMILES string of the molecule is COCOc1cc(OCc2ccccc2)cc(C)c1C(O)c1ccc(OCCCOCc2ccccc2)cc1Oc1ccccc1. The summed E-state index contributed by atoms with van der Waals surface area (Å²) in [5.74, 6) is 2.82. The van der Waals surface area contributed by atoms with E-state index in [9.17, 15) is 5.11 Å². The first-order chi connectivity index (χ1) is 22.6. The van der Waals surface area contributed by atoms with E-state index in [2.05, 4.69) is 0 Å². The molecule has 0 heterocycles. The number of hydrogen-bond acceptors (Lipinski definition) is 7. The van der Waals surface area contributed by atoms with Crippen molar-refractivity contribution < 1.29 is 33.5 Å². The van der Waals surface area contributed by atoms with Gasteiger partial charge in [0.2, 0.25) is 0 Å². The van der Waals surface area contributed by atoms with Gasteiger partial charge < -0.3 is 33.5 Å². The quantitative estimate of drug-likeness (QED) is 0.0826. The Kier molecular flexibility index (Phi) is 12.1. The number of benzene rings is 5. The topological polar surface area (TPSA) is 75.6 Å². The smallest absolute Gasteiger partial charge is 0.188 e. The minimum absolute atomic E-state index is 0.0104. The van der Waals surface area contributed by atoms with Gasteiger partial charge in [0.1, 0.15) is 41.5 Å². The van der Waals surface area contributed by atoms with Gasteiger partial charge in [0.25, 0.3) is 0 Å². The number of aliphatic hydroxyl groups excluding tert-OH is 1. The normalized spacial score (nSPS) is 11.5. The maximum absolute atomic E-state index is 11.9. The summed E-state index contributed by atoms with van der Waals surface area (Å²) in [4.78, 5) is 0. The fraction of sp³-hybridized carbons (Fsp3) is 0.231. The van der Waals surface area contributed by atoms with E-state index < -0.39 is 6.10 Å². The van der Waals surface area contributed by atoms with Crippen LogP contribution in [0.15, 0.2) is 121 Å². The van der Waals surface area contributed by atoms with Gasteiger partial charge in [-0.1, -0.05) is 78.9 Å². The van der Waals surface area contributed by atoms with Crippen LogP contribution in [0.5, 0.6) is 28.7 Å². The predicted octanol–water partition coefficient (Wildman–Crippen LogP) is 8.42. The van der Waals surface area contributed by atoms with E-state index in [1.807, 2.05) is 116 Å². The van der Waals surface area contributed by atoms with Gasteiger partial charge in [0, 0.05) is 36.8 Å². The van der Waals surface area contributed by atoms with Crippen LogP contribution in [0.1, 0.15) is 40.3 Å². The second-order valence-electron chi connectivity index (χ2n) is 10.7. The molecule has 238 valence electrons. The summed E-state index contributed by atoms with van der Waals surface area (Å²) in [5, 5.41) is 11.9. The molecule has 5 aromatic rings. The number of para-hydroxylation sites is 1. The molecular formula is C39H40O7. The standard InChI is InChI=1S/C39H40O7/c1-29-23-34(44-27-31-15-8-4-9-16-31)25-37(45-28-41-2)38(29)39(40)35-20-19-33(24-36(35)46-32-17-10-5-11-18-32)43-22-12-21-42-26-30-13-6-3-7-14-30/h3-11,13-20,23-25,39-40H,12,21-22,26-28H2,1-2H3. The first-order valence-electron chi connectivity index (χ1n) is 15.3. The first-order valence-corrected chi connectivity index (χ1v) is 15.3. The van der Waals surface area contributed by atoms with Crippen molar-refractivity contribution >= 4 is 0 Å². The molecule has 0 aromatic heterocycles. The van der Waals surface area contributed by atoms with Crippen molar-refractivity contribution in [2.75, 3.05) is 27.1 Å². The zero-order valence-electron chi connectivity index (χ0n) is 26.3. The lowest BCUT2D eigenvalue weighted by molar-refractivity contribution is 0.0484. The van der Waals surface area contributed by atoms with Crippen LogP contribution in [0.4, 0.5) is 0 Å². The Bertz CT molecular complexity index is 1630. The molecule has 0 saturated carbocycles. The fourth-order valence-electron chi connectivity index (χ4n) is 4.96. The fourth-order valence-corrected chi connectivity index (χ4v) is 4.96. The second kappa shape index (κ2) is 17.0. The van der Waals surface area contributed by atoms with Crippen molar-refractivity contribution in [1.82, 2.24) is 0 Å². The van der Waals surface area contributed by atoms with Crippen molar-refractivity contribution in [2.45, 2.75) is 32.7 Å². The van der Waals surface area contributed by atoms with E-state index in [4.69, 9.17) is 28.4 Å². The van der Waals surface area contributed by atoms with Gasteiger partial charge in [0.15, 0.2) is 6.79 Å². The van der Waals surface area contributed by atoms with Gasteiger partial charge in [-0.25, -0.2) is 0 Å². The minimum atomic E-state index is -1.07. The van der Waals surface area contributed by atoms with Crippen molar-refractivity contribution in [1.29, 1.82) is 0 Å². The maximum atomic E-state index is 11.9. The number of aliphatic hydroxyl groups is 1. The Morgan fingerprint density at radius 1 is 0.609 bits per heavy atom. The Hall–Kier alpha value is -4.82. The molecule has 0 amide bonds. The molecule has 0 spiro atoms. The molecule has 0 bridgehead atoms. The Labute approximate surface area is 270 Å². The summed E-state index contributed by atoms with van der Waals surface area (Å²) >= 11 is 0. The number of methoxy groups -OCH3 is 1. The van der Waals surface area contributed by atoms with Gasteiger partial charge in [-0.15, -0.1) is 0 Å². The monoisotopic (exact) mass is 620 g/mol. The van der Waals surface area contributed by atoms with Gasteiger partial charge in [-0.3, -0.25) is 0 Å². The van der Waals surface area contributed by atoms with Crippen molar-refractivity contribution in [2.24, 2.45) is 0 Å². The summed E-state index contributed by atoms with van der Waals surface area (Å²) in [6.07, 6.45) is -0.348. The van der Waals surface area contributed by atoms with E-state index in [0.29, 0.717) is 66.3 Å². The van der Waals surface area contributed by atoms with Crippen LogP contribution in [-0.4, -0.2) is 32.2 Å². The summed E-state index contributed by atoms with van der Waals surface area (Å²) < 4.78 is 35.4. The molecule has 7 heteroatoms. The largest absolute Gasteiger partial charge is 0.493 e. The summed E-state index contributed by atoms with van der Waals surface area (Å²) in [6.45, 7) is 3.95. The lowest BCUT2D eigenvalue weighted by Gasteiger charge is -2.22. The number of rotatable bonds is 17. The van der Waals surface area contributed by atoms with Crippen LogP contribution in [0.25, 0.3) is 0 Å². The van der Waals surface area contributed by atoms with Crippen molar-refractivity contribution in [3.8, 4) is 28.7 Å². The highest BCUT2D eigenvalue weighted by molar-refractivity contribution is 5.54. The molecule has 0 saturated heterocycles. The van der Waals surface area contributed by atoms with Gasteiger partial charge >= 0.3 is 0 Å². The predicted molar refractivity (Wildman–Crippen MR) is 178 cm³/mol. The molecule has 0 aliphatic rings. The van der Waals surface area contributed by atoms with Crippen LogP contribution in [-0.2, 0) is 22.7 Å². The average Bonchev–Trinajstić information content (AvgIpc) is 3.09. The van der Waals surface area contributed by atoms with Gasteiger partial charge in [0.05, 0.1) is 19.8 Å². The van der Waals surface area contributed by atoms with E-state index in [1.165, 1.54) is 0 Å². The molecule has 5 aromatic carbocycles. The second-order valence-corrected chi connectivity index (χ2v) is 10.7. The molecule has 1 unspecified atom stereocenters. The highest BCUT2D eigenvalue weighted by Gasteiger charge is 2.24. The summed E-state index contributed by atoms with van der Waals surface area (Å²) in [5.41, 5.74) is 4.14. The number of aryl methyl sites for hydroxylation is 1. The summed E-state index contributed by atoms with van der Waals surface area (Å²) in [6, 6.07) is 38.6. The molecule has 0 fully saturated rings. The van der Waals surface area contributed by atoms with Crippen molar-refractivity contribution in [3.05, 3.63) is 149 Å². The van der Waals surface area contributed by atoms with E-state index in [-0.39, 0.29) is 6.79 Å². The highest BCUT2D eigenvalue weighted by atomic mass is 16.7. The zero-order valence-corrected chi connectivity index (χ0v) is 26.3. The van der Waals surface area contributed by atoms with E-state index in [1.54, 1.807) is 19.2 Å². The Morgan fingerprint density at radius 3 is 1.96 bits per heavy atom. The lowest BCUT2D eigenvalue weighted by Crippen LogP contribution is -2.10. The van der Waals surface area contributed by atoms with Crippen LogP contribution in [0.2, 0.25) is 0 Å². The Morgan fingerprint density at radius 2 is 1.26 bits per heavy atom. The molecule has 1 N–H and O–H groups in total. The summed E-state index contributed by atoms with van der Waals surface area (Å²) in [7, 11) is 1.55. The third-order valence-electron chi connectivity index (χ3n) is 7.24. The molecule has 0 aliphatic carbocycles. The maximum Gasteiger partial charge on any atom is 0.188 e. The van der Waals surface area contributed by atoms with Crippen LogP contribution in [0, 0.1) is 6.92 Å². The van der Waals surface area contributed by atoms with Gasteiger partial charge in [-0.05, 0) is 53.9 Å². The molecule has 5 rings (SSSR count). The third-order valence-corrected chi connectivity index (χ3v) is 7.24. The number of hydrogen-bond donors (Lipinski definition) is 1. The molecule has 1 atom stereocenters. The number of ether oxygens (including phenoxy) is 6. The van der Waals surface area contributed by atoms with Gasteiger partial charge in [-0.2, -0.15) is 0 Å². The molecule has 46 heavy (non-hydrogen) atoms.